The van der Waals surface area contributed by atoms with Crippen LogP contribution in [0.1, 0.15) is 18.9 Å². The molecule has 22 heavy (non-hydrogen) atoms. The standard InChI is InChI=1S/C17H25N3O2/c1-14(21)20-11-8-16(13-20)17(22)19(12-9-18)10-7-15-5-3-2-4-6-15/h2-6,16H,7-13,18H2,1H3. The Morgan fingerprint density at radius 2 is 2.00 bits per heavy atom. The summed E-state index contributed by atoms with van der Waals surface area (Å²) in [5.74, 6) is 0.0984. The molecule has 0 aromatic heterocycles. The van der Waals surface area contributed by atoms with Gasteiger partial charge in [-0.25, -0.2) is 0 Å². The minimum Gasteiger partial charge on any atom is -0.342 e. The van der Waals surface area contributed by atoms with Gasteiger partial charge in [0.2, 0.25) is 11.8 Å². The molecule has 5 heteroatoms. The third-order valence-electron chi connectivity index (χ3n) is 4.21. The molecule has 5 nitrogen and oxygen atoms in total. The number of benzene rings is 1. The SMILES string of the molecule is CC(=O)N1CCC(C(=O)N(CCN)CCc2ccccc2)C1. The Balaban J connectivity index is 1.92. The summed E-state index contributed by atoms with van der Waals surface area (Å²) in [4.78, 5) is 27.7. The van der Waals surface area contributed by atoms with Crippen molar-refractivity contribution >= 4 is 11.8 Å². The normalized spacial score (nSPS) is 17.5. The van der Waals surface area contributed by atoms with Gasteiger partial charge in [-0.2, -0.15) is 0 Å². The Labute approximate surface area is 132 Å². The van der Waals surface area contributed by atoms with Crippen molar-refractivity contribution in [3.05, 3.63) is 35.9 Å². The maximum Gasteiger partial charge on any atom is 0.227 e. The van der Waals surface area contributed by atoms with E-state index in [1.165, 1.54) is 5.56 Å². The Morgan fingerprint density at radius 3 is 2.59 bits per heavy atom. The van der Waals surface area contributed by atoms with Crippen molar-refractivity contribution in [1.29, 1.82) is 0 Å². The minimum absolute atomic E-state index is 0.0463. The summed E-state index contributed by atoms with van der Waals surface area (Å²) in [7, 11) is 0. The lowest BCUT2D eigenvalue weighted by Gasteiger charge is -2.25. The zero-order chi connectivity index (χ0) is 15.9. The highest BCUT2D eigenvalue weighted by atomic mass is 16.2. The van der Waals surface area contributed by atoms with Crippen LogP contribution in [0.3, 0.4) is 0 Å². The fourth-order valence-electron chi connectivity index (χ4n) is 2.90. The largest absolute Gasteiger partial charge is 0.342 e. The lowest BCUT2D eigenvalue weighted by atomic mass is 10.1. The monoisotopic (exact) mass is 303 g/mol. The van der Waals surface area contributed by atoms with Crippen LogP contribution in [0.5, 0.6) is 0 Å². The lowest BCUT2D eigenvalue weighted by molar-refractivity contribution is -0.135. The van der Waals surface area contributed by atoms with E-state index in [4.69, 9.17) is 5.73 Å². The second-order valence-corrected chi connectivity index (χ2v) is 5.80. The molecular weight excluding hydrogens is 278 g/mol. The van der Waals surface area contributed by atoms with Crippen LogP contribution in [-0.2, 0) is 16.0 Å². The van der Waals surface area contributed by atoms with Gasteiger partial charge in [-0.1, -0.05) is 30.3 Å². The van der Waals surface area contributed by atoms with Crippen LogP contribution in [0.2, 0.25) is 0 Å². The van der Waals surface area contributed by atoms with Crippen molar-refractivity contribution in [3.63, 3.8) is 0 Å². The van der Waals surface area contributed by atoms with Crippen LogP contribution in [0.15, 0.2) is 30.3 Å². The summed E-state index contributed by atoms with van der Waals surface area (Å²) in [6.07, 6.45) is 1.58. The van der Waals surface area contributed by atoms with Gasteiger partial charge in [0.15, 0.2) is 0 Å². The molecule has 1 aliphatic rings. The van der Waals surface area contributed by atoms with Crippen molar-refractivity contribution in [2.45, 2.75) is 19.8 Å². The first-order chi connectivity index (χ1) is 10.6. The summed E-state index contributed by atoms with van der Waals surface area (Å²) < 4.78 is 0. The third-order valence-corrected chi connectivity index (χ3v) is 4.21. The highest BCUT2D eigenvalue weighted by Crippen LogP contribution is 2.19. The number of hydrogen-bond acceptors (Lipinski definition) is 3. The lowest BCUT2D eigenvalue weighted by Crippen LogP contribution is -2.41. The maximum atomic E-state index is 12.7. The second kappa shape index (κ2) is 7.94. The highest BCUT2D eigenvalue weighted by Gasteiger charge is 2.32. The maximum absolute atomic E-state index is 12.7. The summed E-state index contributed by atoms with van der Waals surface area (Å²) in [6.45, 7) is 4.49. The van der Waals surface area contributed by atoms with Gasteiger partial charge >= 0.3 is 0 Å². The number of nitrogens with two attached hydrogens (primary N) is 1. The second-order valence-electron chi connectivity index (χ2n) is 5.80. The predicted octanol–water partition coefficient (Wildman–Crippen LogP) is 0.885. The van der Waals surface area contributed by atoms with Crippen molar-refractivity contribution in [1.82, 2.24) is 9.80 Å². The zero-order valence-corrected chi connectivity index (χ0v) is 13.2. The molecular formula is C17H25N3O2. The van der Waals surface area contributed by atoms with Gasteiger partial charge in [0, 0.05) is 39.6 Å². The molecule has 0 saturated carbocycles. The van der Waals surface area contributed by atoms with Gasteiger partial charge in [0.25, 0.3) is 0 Å². The molecule has 1 fully saturated rings. The average Bonchev–Trinajstić information content (AvgIpc) is 3.02. The molecule has 2 N–H and O–H groups in total. The van der Waals surface area contributed by atoms with Crippen LogP contribution in [0.25, 0.3) is 0 Å². The van der Waals surface area contributed by atoms with Crippen LogP contribution in [0, 0.1) is 5.92 Å². The number of rotatable bonds is 6. The van der Waals surface area contributed by atoms with Gasteiger partial charge in [-0.3, -0.25) is 9.59 Å². The molecule has 0 radical (unpaired) electrons. The summed E-state index contributed by atoms with van der Waals surface area (Å²) in [5.41, 5.74) is 6.87. The molecule has 120 valence electrons. The third kappa shape index (κ3) is 4.31. The first kappa shape index (κ1) is 16.5. The Bertz CT molecular complexity index is 504. The van der Waals surface area contributed by atoms with E-state index in [-0.39, 0.29) is 17.7 Å². The number of hydrogen-bond donors (Lipinski definition) is 1. The van der Waals surface area contributed by atoms with Crippen LogP contribution < -0.4 is 5.73 Å². The summed E-state index contributed by atoms with van der Waals surface area (Å²) >= 11 is 0. The van der Waals surface area contributed by atoms with Gasteiger partial charge < -0.3 is 15.5 Å². The van der Waals surface area contributed by atoms with Crippen molar-refractivity contribution < 1.29 is 9.59 Å². The van der Waals surface area contributed by atoms with E-state index in [0.29, 0.717) is 32.7 Å². The van der Waals surface area contributed by atoms with Crippen LogP contribution >= 0.6 is 0 Å². The van der Waals surface area contributed by atoms with E-state index in [2.05, 4.69) is 12.1 Å². The van der Waals surface area contributed by atoms with E-state index in [1.807, 2.05) is 23.1 Å². The molecule has 2 amide bonds. The smallest absolute Gasteiger partial charge is 0.227 e. The van der Waals surface area contributed by atoms with E-state index < -0.39 is 0 Å². The highest BCUT2D eigenvalue weighted by molar-refractivity contribution is 5.81. The zero-order valence-electron chi connectivity index (χ0n) is 13.2. The molecule has 0 aliphatic carbocycles. The molecule has 2 rings (SSSR count). The summed E-state index contributed by atoms with van der Waals surface area (Å²) in [6, 6.07) is 10.1. The van der Waals surface area contributed by atoms with E-state index in [0.717, 1.165) is 12.8 Å². The van der Waals surface area contributed by atoms with E-state index >= 15 is 0 Å². The van der Waals surface area contributed by atoms with Crippen LogP contribution in [0.4, 0.5) is 0 Å². The number of likely N-dealkylation sites (tertiary alicyclic amines) is 1. The first-order valence-corrected chi connectivity index (χ1v) is 7.90. The predicted molar refractivity (Wildman–Crippen MR) is 86.1 cm³/mol. The van der Waals surface area contributed by atoms with Crippen LogP contribution in [-0.4, -0.2) is 54.3 Å². The average molecular weight is 303 g/mol. The Morgan fingerprint density at radius 1 is 1.27 bits per heavy atom. The molecule has 0 bridgehead atoms. The molecule has 1 aliphatic heterocycles. The number of carbonyl (C=O) groups is 2. The van der Waals surface area contributed by atoms with Gasteiger partial charge in [0.05, 0.1) is 5.92 Å². The topological polar surface area (TPSA) is 66.6 Å². The van der Waals surface area contributed by atoms with E-state index in [1.54, 1.807) is 11.8 Å². The molecule has 1 aromatic rings. The first-order valence-electron chi connectivity index (χ1n) is 7.90. The fourth-order valence-corrected chi connectivity index (χ4v) is 2.90. The molecule has 1 unspecified atom stereocenters. The fraction of sp³-hybridized carbons (Fsp3) is 0.529. The minimum atomic E-state index is -0.0776. The Hall–Kier alpha value is -1.88. The van der Waals surface area contributed by atoms with Crippen molar-refractivity contribution in [2.75, 3.05) is 32.7 Å². The van der Waals surface area contributed by atoms with E-state index in [9.17, 15) is 9.59 Å². The molecule has 0 spiro atoms. The van der Waals surface area contributed by atoms with Gasteiger partial charge in [0.1, 0.15) is 0 Å². The molecule has 1 atom stereocenters. The number of amides is 2. The number of carbonyl (C=O) groups excluding carboxylic acids is 2. The molecule has 1 heterocycles. The number of nitrogens with zero attached hydrogens (tertiary/aromatic N) is 2. The molecule has 1 saturated heterocycles. The van der Waals surface area contributed by atoms with Gasteiger partial charge in [-0.15, -0.1) is 0 Å². The van der Waals surface area contributed by atoms with Crippen molar-refractivity contribution in [2.24, 2.45) is 11.7 Å². The Kier molecular flexibility index (Phi) is 5.95. The van der Waals surface area contributed by atoms with Crippen molar-refractivity contribution in [3.8, 4) is 0 Å². The quantitative estimate of drug-likeness (QED) is 0.848. The van der Waals surface area contributed by atoms with Gasteiger partial charge in [-0.05, 0) is 18.4 Å². The molecule has 1 aromatic carbocycles. The summed E-state index contributed by atoms with van der Waals surface area (Å²) in [5, 5.41) is 0.